The van der Waals surface area contributed by atoms with Crippen molar-refractivity contribution in [3.05, 3.63) is 58.5 Å². The Morgan fingerprint density at radius 3 is 2.42 bits per heavy atom. The molecule has 0 amide bonds. The number of benzene rings is 2. The van der Waals surface area contributed by atoms with E-state index in [9.17, 15) is 8.42 Å². The van der Waals surface area contributed by atoms with Gasteiger partial charge in [-0.3, -0.25) is 4.72 Å². The van der Waals surface area contributed by atoms with E-state index in [4.69, 9.17) is 9.16 Å². The van der Waals surface area contributed by atoms with Gasteiger partial charge in [0.2, 0.25) is 10.0 Å². The lowest BCUT2D eigenvalue weighted by Crippen LogP contribution is -2.40. The largest absolute Gasteiger partial charge is 0.492 e. The second-order valence-electron chi connectivity index (χ2n) is 9.34. The van der Waals surface area contributed by atoms with Crippen molar-refractivity contribution in [3.63, 3.8) is 0 Å². The first-order valence-electron chi connectivity index (χ1n) is 12.7. The molecule has 0 aliphatic carbocycles. The minimum absolute atomic E-state index is 0.161. The normalized spacial score (nSPS) is 13.2. The number of ether oxygens (including phenoxy) is 1. The summed E-state index contributed by atoms with van der Waals surface area (Å²) in [5, 5.41) is 4.80. The fourth-order valence-electron chi connectivity index (χ4n) is 4.44. The van der Waals surface area contributed by atoms with Crippen molar-refractivity contribution >= 4 is 45.5 Å². The van der Waals surface area contributed by atoms with Crippen molar-refractivity contribution in [2.45, 2.75) is 58.9 Å². The molecule has 1 atom stereocenters. The summed E-state index contributed by atoms with van der Waals surface area (Å²) in [6.07, 6.45) is 1.00. The maximum absolute atomic E-state index is 11.7. The maximum Gasteiger partial charge on any atom is 0.229 e. The van der Waals surface area contributed by atoms with E-state index in [1.54, 1.807) is 17.4 Å². The number of rotatable bonds is 14. The smallest absolute Gasteiger partial charge is 0.229 e. The molecule has 36 heavy (non-hydrogen) atoms. The van der Waals surface area contributed by atoms with E-state index in [2.05, 4.69) is 56.8 Å². The molecular weight excluding hydrogens is 509 g/mol. The van der Waals surface area contributed by atoms with E-state index in [1.165, 1.54) is 20.5 Å². The highest BCUT2D eigenvalue weighted by Crippen LogP contribution is 2.33. The average molecular weight is 549 g/mol. The summed E-state index contributed by atoms with van der Waals surface area (Å²) in [6.45, 7) is 12.8. The van der Waals surface area contributed by atoms with Crippen molar-refractivity contribution in [2.75, 3.05) is 30.7 Å². The van der Waals surface area contributed by atoms with Crippen LogP contribution in [0.3, 0.4) is 0 Å². The Hall–Kier alpha value is -1.91. The van der Waals surface area contributed by atoms with Crippen LogP contribution >= 0.6 is 11.3 Å². The van der Waals surface area contributed by atoms with Gasteiger partial charge in [0.25, 0.3) is 0 Å². The van der Waals surface area contributed by atoms with Crippen LogP contribution in [0, 0.1) is 13.8 Å². The van der Waals surface area contributed by atoms with Crippen LogP contribution < -0.4 is 14.8 Å². The quantitative estimate of drug-likeness (QED) is 0.175. The molecule has 3 rings (SSSR count). The molecule has 3 aromatic rings. The lowest BCUT2D eigenvalue weighted by molar-refractivity contribution is 0.183. The first-order valence-corrected chi connectivity index (χ1v) is 17.9. The van der Waals surface area contributed by atoms with Gasteiger partial charge in [-0.15, -0.1) is 11.3 Å². The minimum atomic E-state index is -3.35. The number of aryl methyl sites for hydroxylation is 2. The van der Waals surface area contributed by atoms with Gasteiger partial charge in [0.15, 0.2) is 8.32 Å². The van der Waals surface area contributed by atoms with Crippen molar-refractivity contribution in [1.82, 2.24) is 5.32 Å². The van der Waals surface area contributed by atoms with Gasteiger partial charge in [-0.25, -0.2) is 8.42 Å². The van der Waals surface area contributed by atoms with E-state index in [0.717, 1.165) is 35.7 Å². The van der Waals surface area contributed by atoms with E-state index < -0.39 is 18.3 Å². The number of fused-ring (bicyclic) bond motifs is 1. The van der Waals surface area contributed by atoms with Crippen LogP contribution in [0.25, 0.3) is 10.1 Å². The highest BCUT2D eigenvalue weighted by Gasteiger charge is 2.32. The second kappa shape index (κ2) is 12.6. The van der Waals surface area contributed by atoms with Crippen molar-refractivity contribution < 1.29 is 17.6 Å². The van der Waals surface area contributed by atoms with Gasteiger partial charge in [0.1, 0.15) is 12.4 Å². The molecule has 1 aromatic heterocycles. The van der Waals surface area contributed by atoms with Crippen molar-refractivity contribution in [3.8, 4) is 5.75 Å². The molecule has 0 saturated heterocycles. The van der Waals surface area contributed by atoms with Crippen LogP contribution in [0.2, 0.25) is 18.1 Å². The SMILES string of the molecule is CC[Si](CC)(CC)OC(CNCCOc1ccc2c(C)c(C)sc2c1)c1cccc(NS(C)(=O)=O)c1. The third-order valence-corrected chi connectivity index (χ3v) is 13.3. The van der Waals surface area contributed by atoms with E-state index in [1.807, 2.05) is 24.3 Å². The van der Waals surface area contributed by atoms with Gasteiger partial charge in [-0.2, -0.15) is 0 Å². The van der Waals surface area contributed by atoms with Gasteiger partial charge in [-0.1, -0.05) is 32.9 Å². The number of nitrogens with one attached hydrogen (secondary N) is 2. The first kappa shape index (κ1) is 28.7. The van der Waals surface area contributed by atoms with Gasteiger partial charge < -0.3 is 14.5 Å². The number of hydrogen-bond acceptors (Lipinski definition) is 6. The summed E-state index contributed by atoms with van der Waals surface area (Å²) in [5.74, 6) is 0.882. The Morgan fingerprint density at radius 2 is 1.75 bits per heavy atom. The predicted octanol–water partition coefficient (Wildman–Crippen LogP) is 6.62. The van der Waals surface area contributed by atoms with E-state index in [-0.39, 0.29) is 6.10 Å². The Bertz CT molecular complexity index is 1250. The standard InChI is InChI=1S/C27H40N2O4S2Si/c1-7-36(8-2,9-3)33-26(22-11-10-12-23(17-22)29-35(6,30)31)19-28-15-16-32-24-13-14-25-20(4)21(5)34-27(25)18-24/h10-14,17-18,26,28-29H,7-9,15-16,19H2,1-6H3. The molecule has 2 N–H and O–H groups in total. The summed E-state index contributed by atoms with van der Waals surface area (Å²) in [5.41, 5.74) is 2.87. The molecule has 0 bridgehead atoms. The highest BCUT2D eigenvalue weighted by molar-refractivity contribution is 7.92. The van der Waals surface area contributed by atoms with Gasteiger partial charge >= 0.3 is 0 Å². The molecule has 198 valence electrons. The topological polar surface area (TPSA) is 76.7 Å². The lowest BCUT2D eigenvalue weighted by atomic mass is 10.1. The Morgan fingerprint density at radius 1 is 1.03 bits per heavy atom. The number of sulfonamides is 1. The molecule has 6 nitrogen and oxygen atoms in total. The highest BCUT2D eigenvalue weighted by atomic mass is 32.2. The Balaban J connectivity index is 1.66. The third-order valence-electron chi connectivity index (χ3n) is 6.91. The van der Waals surface area contributed by atoms with Crippen LogP contribution in [-0.2, 0) is 14.4 Å². The first-order chi connectivity index (χ1) is 17.1. The number of hydrogen-bond donors (Lipinski definition) is 2. The van der Waals surface area contributed by atoms with Crippen LogP contribution in [0.5, 0.6) is 5.75 Å². The Labute approximate surface area is 221 Å². The molecule has 1 unspecified atom stereocenters. The van der Waals surface area contributed by atoms with Gasteiger partial charge in [0.05, 0.1) is 12.4 Å². The van der Waals surface area contributed by atoms with Crippen molar-refractivity contribution in [2.24, 2.45) is 0 Å². The predicted molar refractivity (Wildman–Crippen MR) is 156 cm³/mol. The lowest BCUT2D eigenvalue weighted by Gasteiger charge is -2.34. The molecule has 0 saturated carbocycles. The van der Waals surface area contributed by atoms with Crippen LogP contribution in [0.4, 0.5) is 5.69 Å². The summed E-state index contributed by atoms with van der Waals surface area (Å²) in [6, 6.07) is 17.0. The zero-order valence-electron chi connectivity index (χ0n) is 22.3. The fourth-order valence-corrected chi connectivity index (χ4v) is 8.92. The summed E-state index contributed by atoms with van der Waals surface area (Å²) in [7, 11) is -5.23. The molecule has 1 heterocycles. The molecule has 0 aliphatic rings. The molecule has 0 spiro atoms. The zero-order valence-corrected chi connectivity index (χ0v) is 24.9. The second-order valence-corrected chi connectivity index (χ2v) is 17.1. The average Bonchev–Trinajstić information content (AvgIpc) is 3.13. The molecule has 0 radical (unpaired) electrons. The minimum Gasteiger partial charge on any atom is -0.492 e. The molecule has 0 fully saturated rings. The Kier molecular flexibility index (Phi) is 9.99. The fraction of sp³-hybridized carbons (Fsp3) is 0.481. The van der Waals surface area contributed by atoms with Crippen LogP contribution in [-0.4, -0.2) is 42.7 Å². The molecular formula is C27H40N2O4S2Si. The van der Waals surface area contributed by atoms with Crippen LogP contribution in [0.15, 0.2) is 42.5 Å². The number of anilines is 1. The maximum atomic E-state index is 11.7. The molecule has 0 aliphatic heterocycles. The zero-order chi connectivity index (χ0) is 26.3. The third kappa shape index (κ3) is 7.55. The van der Waals surface area contributed by atoms with Crippen molar-refractivity contribution in [1.29, 1.82) is 0 Å². The van der Waals surface area contributed by atoms with E-state index >= 15 is 0 Å². The van der Waals surface area contributed by atoms with Crippen LogP contribution in [0.1, 0.15) is 42.9 Å². The van der Waals surface area contributed by atoms with Gasteiger partial charge in [-0.05, 0) is 78.8 Å². The molecule has 9 heteroatoms. The molecule has 2 aromatic carbocycles. The summed E-state index contributed by atoms with van der Waals surface area (Å²) in [4.78, 5) is 1.34. The number of thiophene rings is 1. The van der Waals surface area contributed by atoms with E-state index in [0.29, 0.717) is 25.4 Å². The monoisotopic (exact) mass is 548 g/mol. The van der Waals surface area contributed by atoms with Gasteiger partial charge in [0, 0.05) is 28.4 Å². The summed E-state index contributed by atoms with van der Waals surface area (Å²) >= 11 is 1.80. The summed E-state index contributed by atoms with van der Waals surface area (Å²) < 4.78 is 40.2.